The molecule has 1 fully saturated rings. The molecule has 2 aromatic rings. The Morgan fingerprint density at radius 3 is 2.30 bits per heavy atom. The van der Waals surface area contributed by atoms with Crippen LogP contribution in [0.4, 0.5) is 14.9 Å². The number of hydrogen-bond donors (Lipinski definition) is 3. The summed E-state index contributed by atoms with van der Waals surface area (Å²) in [6.07, 6.45) is 1.65. The molecule has 7 nitrogen and oxygen atoms in total. The number of phenolic OH excluding ortho intramolecular Hbond substituents is 1. The number of carbonyl (C=O) groups is 2. The number of hydrogen-bond acceptors (Lipinski definition) is 4. The van der Waals surface area contributed by atoms with Crippen LogP contribution in [-0.2, 0) is 11.2 Å². The van der Waals surface area contributed by atoms with Crippen LogP contribution in [0.3, 0.4) is 0 Å². The number of rotatable bonds is 7. The number of carbonyl (C=O) groups excluding carboxylic acids is 2. The zero-order chi connectivity index (χ0) is 21.3. The average molecular weight is 414 g/mol. The van der Waals surface area contributed by atoms with Gasteiger partial charge < -0.3 is 20.6 Å². The molecule has 1 saturated heterocycles. The Balaban J connectivity index is 1.31. The van der Waals surface area contributed by atoms with Crippen LogP contribution >= 0.6 is 0 Å². The lowest BCUT2D eigenvalue weighted by Crippen LogP contribution is -2.53. The third-order valence-electron chi connectivity index (χ3n) is 5.01. The van der Waals surface area contributed by atoms with Gasteiger partial charge in [0.05, 0.1) is 6.54 Å². The molecule has 0 unspecified atom stereocenters. The molecule has 0 bridgehead atoms. The Hall–Kier alpha value is -3.13. The molecule has 0 aliphatic carbocycles. The summed E-state index contributed by atoms with van der Waals surface area (Å²) in [6, 6.07) is 12.6. The minimum absolute atomic E-state index is 0.0869. The number of halogens is 1. The van der Waals surface area contributed by atoms with Gasteiger partial charge in [0.1, 0.15) is 11.6 Å². The zero-order valence-electron chi connectivity index (χ0n) is 16.8. The summed E-state index contributed by atoms with van der Waals surface area (Å²) in [5, 5.41) is 15.0. The molecule has 3 rings (SSSR count). The number of piperazine rings is 1. The molecule has 2 aromatic carbocycles. The highest BCUT2D eigenvalue weighted by atomic mass is 19.1. The van der Waals surface area contributed by atoms with E-state index in [4.69, 9.17) is 0 Å². The average Bonchev–Trinajstić information content (AvgIpc) is 2.74. The summed E-state index contributed by atoms with van der Waals surface area (Å²) in [7, 11) is 0. The first kappa shape index (κ1) is 21.6. The zero-order valence-corrected chi connectivity index (χ0v) is 16.8. The van der Waals surface area contributed by atoms with Crippen molar-refractivity contribution >= 4 is 17.6 Å². The van der Waals surface area contributed by atoms with Gasteiger partial charge in [-0.05, 0) is 54.8 Å². The Bertz CT molecular complexity index is 834. The van der Waals surface area contributed by atoms with Crippen molar-refractivity contribution in [3.05, 3.63) is 59.9 Å². The lowest BCUT2D eigenvalue weighted by atomic mass is 10.1. The van der Waals surface area contributed by atoms with Crippen LogP contribution in [0.5, 0.6) is 5.75 Å². The van der Waals surface area contributed by atoms with Gasteiger partial charge in [-0.3, -0.25) is 9.69 Å². The number of benzene rings is 2. The van der Waals surface area contributed by atoms with Crippen LogP contribution in [-0.4, -0.2) is 66.1 Å². The standard InChI is InChI=1S/C22H27FN4O3/c23-18-5-7-19(8-6-18)25-21(29)16-26-12-14-27(15-13-26)22(30)24-11-1-2-17-3-9-20(28)10-4-17/h3-10,28H,1-2,11-16H2,(H,24,30)(H,25,29). The Morgan fingerprint density at radius 1 is 0.967 bits per heavy atom. The summed E-state index contributed by atoms with van der Waals surface area (Å²) in [5.41, 5.74) is 1.68. The summed E-state index contributed by atoms with van der Waals surface area (Å²) < 4.78 is 12.9. The topological polar surface area (TPSA) is 84.9 Å². The second-order valence-corrected chi connectivity index (χ2v) is 7.32. The van der Waals surface area contributed by atoms with E-state index in [-0.39, 0.29) is 30.0 Å². The van der Waals surface area contributed by atoms with Crippen molar-refractivity contribution in [3.63, 3.8) is 0 Å². The Labute approximate surface area is 175 Å². The third-order valence-corrected chi connectivity index (χ3v) is 5.01. The lowest BCUT2D eigenvalue weighted by Gasteiger charge is -2.34. The van der Waals surface area contributed by atoms with E-state index in [1.54, 1.807) is 17.0 Å². The van der Waals surface area contributed by atoms with Gasteiger partial charge in [-0.2, -0.15) is 0 Å². The molecule has 8 heteroatoms. The normalized spacial score (nSPS) is 14.4. The molecule has 1 heterocycles. The number of urea groups is 1. The summed E-state index contributed by atoms with van der Waals surface area (Å²) in [5.74, 6) is -0.254. The predicted molar refractivity (Wildman–Crippen MR) is 113 cm³/mol. The highest BCUT2D eigenvalue weighted by Crippen LogP contribution is 2.11. The monoisotopic (exact) mass is 414 g/mol. The quantitative estimate of drug-likeness (QED) is 0.608. The van der Waals surface area contributed by atoms with E-state index in [9.17, 15) is 19.1 Å². The van der Waals surface area contributed by atoms with E-state index in [2.05, 4.69) is 10.6 Å². The van der Waals surface area contributed by atoms with Crippen molar-refractivity contribution in [3.8, 4) is 5.75 Å². The smallest absolute Gasteiger partial charge is 0.317 e. The molecule has 0 spiro atoms. The van der Waals surface area contributed by atoms with Crippen molar-refractivity contribution in [1.82, 2.24) is 15.1 Å². The SMILES string of the molecule is O=C(CN1CCN(C(=O)NCCCc2ccc(O)cc2)CC1)Nc1ccc(F)cc1. The Kier molecular flexibility index (Phi) is 7.62. The van der Waals surface area contributed by atoms with E-state index in [0.29, 0.717) is 38.4 Å². The molecule has 3 N–H and O–H groups in total. The van der Waals surface area contributed by atoms with Crippen molar-refractivity contribution in [2.24, 2.45) is 0 Å². The molecule has 0 atom stereocenters. The van der Waals surface area contributed by atoms with Crippen molar-refractivity contribution in [2.45, 2.75) is 12.8 Å². The Morgan fingerprint density at radius 2 is 1.63 bits per heavy atom. The van der Waals surface area contributed by atoms with Crippen LogP contribution in [0, 0.1) is 5.82 Å². The van der Waals surface area contributed by atoms with Crippen molar-refractivity contribution < 1.29 is 19.1 Å². The summed E-state index contributed by atoms with van der Waals surface area (Å²) >= 11 is 0. The van der Waals surface area contributed by atoms with Crippen LogP contribution in [0.15, 0.2) is 48.5 Å². The highest BCUT2D eigenvalue weighted by Gasteiger charge is 2.22. The van der Waals surface area contributed by atoms with Gasteiger partial charge in [0.25, 0.3) is 0 Å². The number of anilines is 1. The maximum Gasteiger partial charge on any atom is 0.317 e. The maximum absolute atomic E-state index is 12.9. The van der Waals surface area contributed by atoms with Gasteiger partial charge in [0.15, 0.2) is 0 Å². The molecule has 30 heavy (non-hydrogen) atoms. The minimum Gasteiger partial charge on any atom is -0.508 e. The van der Waals surface area contributed by atoms with E-state index in [0.717, 1.165) is 18.4 Å². The number of aryl methyl sites for hydroxylation is 1. The van der Waals surface area contributed by atoms with Crippen LogP contribution in [0.1, 0.15) is 12.0 Å². The van der Waals surface area contributed by atoms with E-state index in [1.807, 2.05) is 17.0 Å². The first-order chi connectivity index (χ1) is 14.5. The molecular formula is C22H27FN4O3. The van der Waals surface area contributed by atoms with E-state index >= 15 is 0 Å². The van der Waals surface area contributed by atoms with Gasteiger partial charge in [0.2, 0.25) is 5.91 Å². The number of amides is 3. The molecule has 0 saturated carbocycles. The first-order valence-corrected chi connectivity index (χ1v) is 10.1. The van der Waals surface area contributed by atoms with Crippen LogP contribution in [0.2, 0.25) is 0 Å². The van der Waals surface area contributed by atoms with Gasteiger partial charge in [-0.15, -0.1) is 0 Å². The fraction of sp³-hybridized carbons (Fsp3) is 0.364. The molecule has 3 amide bonds. The first-order valence-electron chi connectivity index (χ1n) is 10.1. The maximum atomic E-state index is 12.9. The van der Waals surface area contributed by atoms with Crippen molar-refractivity contribution in [1.29, 1.82) is 0 Å². The number of phenols is 1. The largest absolute Gasteiger partial charge is 0.508 e. The lowest BCUT2D eigenvalue weighted by molar-refractivity contribution is -0.117. The highest BCUT2D eigenvalue weighted by molar-refractivity contribution is 5.92. The third kappa shape index (κ3) is 6.73. The minimum atomic E-state index is -0.345. The van der Waals surface area contributed by atoms with Crippen molar-refractivity contribution in [2.75, 3.05) is 44.6 Å². The number of nitrogens with one attached hydrogen (secondary N) is 2. The fourth-order valence-corrected chi connectivity index (χ4v) is 3.31. The molecule has 1 aliphatic heterocycles. The molecule has 0 aromatic heterocycles. The van der Waals surface area contributed by atoms with Gasteiger partial charge in [0, 0.05) is 38.4 Å². The summed E-state index contributed by atoms with van der Waals surface area (Å²) in [6.45, 7) is 3.19. The second kappa shape index (κ2) is 10.6. The predicted octanol–water partition coefficient (Wildman–Crippen LogP) is 2.43. The van der Waals surface area contributed by atoms with Crippen LogP contribution in [0.25, 0.3) is 0 Å². The second-order valence-electron chi connectivity index (χ2n) is 7.32. The number of nitrogens with zero attached hydrogens (tertiary/aromatic N) is 2. The molecular weight excluding hydrogens is 387 g/mol. The number of aromatic hydroxyl groups is 1. The molecule has 160 valence electrons. The fourth-order valence-electron chi connectivity index (χ4n) is 3.31. The molecule has 1 aliphatic rings. The van der Waals surface area contributed by atoms with E-state index < -0.39 is 0 Å². The summed E-state index contributed by atoms with van der Waals surface area (Å²) in [4.78, 5) is 28.2. The van der Waals surface area contributed by atoms with Gasteiger partial charge in [-0.25, -0.2) is 9.18 Å². The molecule has 0 radical (unpaired) electrons. The van der Waals surface area contributed by atoms with E-state index in [1.165, 1.54) is 24.3 Å². The van der Waals surface area contributed by atoms with Gasteiger partial charge >= 0.3 is 6.03 Å². The van der Waals surface area contributed by atoms with Gasteiger partial charge in [-0.1, -0.05) is 12.1 Å². The van der Waals surface area contributed by atoms with Crippen LogP contribution < -0.4 is 10.6 Å².